The minimum Gasteiger partial charge on any atom is -0.442 e. The Morgan fingerprint density at radius 3 is 2.41 bits per heavy atom. The lowest BCUT2D eigenvalue weighted by molar-refractivity contribution is 0.142. The highest BCUT2D eigenvalue weighted by molar-refractivity contribution is 8.24. The van der Waals surface area contributed by atoms with Crippen molar-refractivity contribution in [2.75, 3.05) is 29.5 Å². The Hall–Kier alpha value is -1.63. The second kappa shape index (κ2) is 8.62. The number of benzene rings is 1. The fraction of sp³-hybridized carbons (Fsp3) is 0.529. The molecule has 0 unspecified atom stereocenters. The standard InChI is InChI=1S/C17H20F4N2O4S2/c18-12-5-10(6-13(19)14(12)9-1-3-29(25,26)4-2-9)23-8-11(27-17(23)24)7-22-16(28)15(20)21/h5-6,9,11,15,25-26H,1-4,7-8H2,(H,22,28)/t11-/m0/s1. The number of thiocarbonyl (C=S) groups is 1. The molecular weight excluding hydrogens is 436 g/mol. The van der Waals surface area contributed by atoms with Gasteiger partial charge in [-0.1, -0.05) is 12.2 Å². The van der Waals surface area contributed by atoms with Gasteiger partial charge in [-0.15, -0.1) is 0 Å². The second-order valence-electron chi connectivity index (χ2n) is 6.97. The van der Waals surface area contributed by atoms with E-state index in [1.807, 2.05) is 0 Å². The van der Waals surface area contributed by atoms with E-state index < -0.39 is 51.8 Å². The Bertz CT molecular complexity index is 779. The number of carbonyl (C=O) groups is 1. The number of anilines is 1. The van der Waals surface area contributed by atoms with Gasteiger partial charge in [-0.25, -0.2) is 22.4 Å². The van der Waals surface area contributed by atoms with Gasteiger partial charge in [0.1, 0.15) is 22.7 Å². The van der Waals surface area contributed by atoms with Crippen LogP contribution in [0.1, 0.15) is 24.3 Å². The molecule has 1 aromatic rings. The van der Waals surface area contributed by atoms with Crippen LogP contribution in [0.15, 0.2) is 12.1 Å². The Morgan fingerprint density at radius 1 is 1.28 bits per heavy atom. The molecule has 0 aliphatic carbocycles. The lowest BCUT2D eigenvalue weighted by Crippen LogP contribution is -2.36. The normalized spacial score (nSPS) is 23.2. The minimum absolute atomic E-state index is 0.0483. The zero-order valence-electron chi connectivity index (χ0n) is 15.1. The monoisotopic (exact) mass is 456 g/mol. The Morgan fingerprint density at radius 2 is 1.86 bits per heavy atom. The molecule has 2 fully saturated rings. The average Bonchev–Trinajstić information content (AvgIpc) is 3.01. The van der Waals surface area contributed by atoms with E-state index in [4.69, 9.17) is 4.74 Å². The molecular formula is C17H20F4N2O4S2. The minimum atomic E-state index is -2.84. The molecule has 1 atom stereocenters. The average molecular weight is 456 g/mol. The van der Waals surface area contributed by atoms with Gasteiger partial charge in [-0.2, -0.15) is 10.6 Å². The van der Waals surface area contributed by atoms with Gasteiger partial charge in [0.05, 0.1) is 18.8 Å². The van der Waals surface area contributed by atoms with Crippen LogP contribution in [-0.2, 0) is 4.74 Å². The molecule has 0 spiro atoms. The van der Waals surface area contributed by atoms with Crippen LogP contribution in [0, 0.1) is 11.6 Å². The zero-order valence-corrected chi connectivity index (χ0v) is 16.7. The van der Waals surface area contributed by atoms with Crippen molar-refractivity contribution < 1.29 is 36.2 Å². The Balaban J connectivity index is 1.70. The molecule has 2 aliphatic heterocycles. The van der Waals surface area contributed by atoms with E-state index in [0.29, 0.717) is 0 Å². The highest BCUT2D eigenvalue weighted by Gasteiger charge is 2.35. The maximum atomic E-state index is 14.7. The summed E-state index contributed by atoms with van der Waals surface area (Å²) in [4.78, 5) is 12.4. The van der Waals surface area contributed by atoms with E-state index >= 15 is 0 Å². The van der Waals surface area contributed by atoms with Crippen LogP contribution in [0.3, 0.4) is 0 Å². The number of nitrogens with zero attached hydrogens (tertiary/aromatic N) is 1. The maximum Gasteiger partial charge on any atom is 0.414 e. The third-order valence-corrected chi connectivity index (χ3v) is 7.05. The highest BCUT2D eigenvalue weighted by Crippen LogP contribution is 2.49. The van der Waals surface area contributed by atoms with Crippen LogP contribution in [0.2, 0.25) is 0 Å². The van der Waals surface area contributed by atoms with E-state index in [1.54, 1.807) is 0 Å². The first-order valence-corrected chi connectivity index (χ1v) is 11.1. The molecule has 0 saturated carbocycles. The molecule has 0 aromatic heterocycles. The third-order valence-electron chi connectivity index (χ3n) is 4.95. The number of hydrogen-bond acceptors (Lipinski definition) is 5. The largest absolute Gasteiger partial charge is 0.442 e. The molecule has 162 valence electrons. The van der Waals surface area contributed by atoms with Crippen molar-refractivity contribution in [3.8, 4) is 0 Å². The van der Waals surface area contributed by atoms with Crippen LogP contribution in [0.4, 0.5) is 28.0 Å². The van der Waals surface area contributed by atoms with Crippen molar-refractivity contribution in [2.24, 2.45) is 0 Å². The molecule has 1 aromatic carbocycles. The number of amides is 1. The van der Waals surface area contributed by atoms with Crippen LogP contribution in [0.5, 0.6) is 0 Å². The summed E-state index contributed by atoms with van der Waals surface area (Å²) >= 11 is 4.45. The van der Waals surface area contributed by atoms with Crippen molar-refractivity contribution in [3.63, 3.8) is 0 Å². The summed E-state index contributed by atoms with van der Waals surface area (Å²) in [6, 6.07) is 2.04. The maximum absolute atomic E-state index is 14.7. The van der Waals surface area contributed by atoms with Crippen LogP contribution >= 0.6 is 22.8 Å². The molecule has 29 heavy (non-hydrogen) atoms. The van der Waals surface area contributed by atoms with Crippen LogP contribution in [0.25, 0.3) is 0 Å². The predicted octanol–water partition coefficient (Wildman–Crippen LogP) is 4.10. The van der Waals surface area contributed by atoms with Gasteiger partial charge >= 0.3 is 6.09 Å². The Kier molecular flexibility index (Phi) is 6.56. The lowest BCUT2D eigenvalue weighted by Gasteiger charge is -2.39. The number of ether oxygens (including phenoxy) is 1. The lowest BCUT2D eigenvalue weighted by atomic mass is 9.92. The summed E-state index contributed by atoms with van der Waals surface area (Å²) in [5.74, 6) is -1.98. The Labute approximate surface area is 171 Å². The van der Waals surface area contributed by atoms with Crippen molar-refractivity contribution in [1.82, 2.24) is 5.32 Å². The molecule has 1 amide bonds. The number of nitrogens with one attached hydrogen (secondary N) is 1. The number of alkyl halides is 2. The SMILES string of the molecule is O=C1O[C@@H](CNC(=S)C(F)F)CN1c1cc(F)c(C2CCS(O)(O)CC2)c(F)c1. The van der Waals surface area contributed by atoms with Crippen molar-refractivity contribution in [3.05, 3.63) is 29.3 Å². The summed E-state index contributed by atoms with van der Waals surface area (Å²) in [6.45, 7) is -0.233. The van der Waals surface area contributed by atoms with E-state index in [-0.39, 0.29) is 48.7 Å². The molecule has 2 heterocycles. The molecule has 0 radical (unpaired) electrons. The molecule has 12 heteroatoms. The highest BCUT2D eigenvalue weighted by atomic mass is 32.3. The number of carbonyl (C=O) groups excluding carboxylic acids is 1. The van der Waals surface area contributed by atoms with Gasteiger partial charge < -0.3 is 10.1 Å². The predicted molar refractivity (Wildman–Crippen MR) is 105 cm³/mol. The zero-order chi connectivity index (χ0) is 21.3. The fourth-order valence-electron chi connectivity index (χ4n) is 3.44. The van der Waals surface area contributed by atoms with Crippen molar-refractivity contribution in [1.29, 1.82) is 0 Å². The smallest absolute Gasteiger partial charge is 0.414 e. The third kappa shape index (κ3) is 5.11. The molecule has 0 bridgehead atoms. The van der Waals surface area contributed by atoms with Gasteiger partial charge in [0.25, 0.3) is 6.43 Å². The second-order valence-corrected chi connectivity index (χ2v) is 9.83. The number of cyclic esters (lactones) is 1. The number of halogens is 4. The fourth-order valence-corrected chi connectivity index (χ4v) is 5.06. The summed E-state index contributed by atoms with van der Waals surface area (Å²) < 4.78 is 78.5. The summed E-state index contributed by atoms with van der Waals surface area (Å²) in [5.41, 5.74) is -0.190. The molecule has 3 rings (SSSR count). The van der Waals surface area contributed by atoms with Gasteiger partial charge in [0, 0.05) is 17.1 Å². The number of rotatable bonds is 5. The summed E-state index contributed by atoms with van der Waals surface area (Å²) in [6.07, 6.45) is -4.00. The molecule has 2 aliphatic rings. The van der Waals surface area contributed by atoms with E-state index in [9.17, 15) is 31.5 Å². The van der Waals surface area contributed by atoms with Gasteiger partial charge in [-0.3, -0.25) is 14.0 Å². The topological polar surface area (TPSA) is 82.0 Å². The molecule has 2 saturated heterocycles. The van der Waals surface area contributed by atoms with Gasteiger partial charge in [0.2, 0.25) is 0 Å². The number of hydrogen-bond donors (Lipinski definition) is 3. The van der Waals surface area contributed by atoms with E-state index in [2.05, 4.69) is 17.5 Å². The van der Waals surface area contributed by atoms with Gasteiger partial charge in [0.15, 0.2) is 0 Å². The summed E-state index contributed by atoms with van der Waals surface area (Å²) in [7, 11) is -2.68. The first-order valence-electron chi connectivity index (χ1n) is 8.84. The molecule has 3 N–H and O–H groups in total. The summed E-state index contributed by atoms with van der Waals surface area (Å²) in [5, 5.41) is 2.29. The first kappa shape index (κ1) is 22.1. The van der Waals surface area contributed by atoms with E-state index in [0.717, 1.165) is 17.0 Å². The van der Waals surface area contributed by atoms with Crippen molar-refractivity contribution >= 4 is 39.6 Å². The molecule has 6 nitrogen and oxygen atoms in total. The van der Waals surface area contributed by atoms with Gasteiger partial charge in [-0.05, 0) is 30.9 Å². The van der Waals surface area contributed by atoms with E-state index in [1.165, 1.54) is 0 Å². The van der Waals surface area contributed by atoms with Crippen molar-refractivity contribution in [2.45, 2.75) is 31.3 Å². The van der Waals surface area contributed by atoms with Crippen LogP contribution < -0.4 is 10.2 Å². The first-order chi connectivity index (χ1) is 13.6. The quantitative estimate of drug-likeness (QED) is 0.457. The van der Waals surface area contributed by atoms with Crippen LogP contribution in [-0.4, -0.2) is 57.3 Å².